The minimum Gasteiger partial charge on any atom is -0.350 e. The van der Waals surface area contributed by atoms with Gasteiger partial charge in [0.15, 0.2) is 0 Å². The number of nitrogens with one attached hydrogen (secondary N) is 1. The van der Waals surface area contributed by atoms with Crippen molar-refractivity contribution in [1.82, 2.24) is 19.7 Å². The Balaban J connectivity index is 1.58. The van der Waals surface area contributed by atoms with Crippen molar-refractivity contribution >= 4 is 28.3 Å². The summed E-state index contributed by atoms with van der Waals surface area (Å²) < 4.78 is 3.32. The van der Waals surface area contributed by atoms with Gasteiger partial charge in [-0.25, -0.2) is 4.68 Å². The van der Waals surface area contributed by atoms with Crippen LogP contribution in [0.2, 0.25) is 5.02 Å². The monoisotopic (exact) mass is 434 g/mol. The van der Waals surface area contributed by atoms with Gasteiger partial charge in [0, 0.05) is 34.9 Å². The van der Waals surface area contributed by atoms with E-state index in [0.717, 1.165) is 27.9 Å². The van der Waals surface area contributed by atoms with Crippen molar-refractivity contribution < 1.29 is 4.79 Å². The molecule has 4 rings (SSSR count). The van der Waals surface area contributed by atoms with Crippen LogP contribution in [0, 0.1) is 13.8 Å². The van der Waals surface area contributed by atoms with Gasteiger partial charge in [0.25, 0.3) is 5.56 Å². The molecule has 1 amide bonds. The Hall–Kier alpha value is -3.38. The molecule has 0 radical (unpaired) electrons. The topological polar surface area (TPSA) is 68.9 Å². The number of rotatable bonds is 6. The van der Waals surface area contributed by atoms with Crippen LogP contribution in [0.25, 0.3) is 10.8 Å². The molecule has 2 aromatic heterocycles. The van der Waals surface area contributed by atoms with Crippen molar-refractivity contribution in [3.8, 4) is 0 Å². The molecule has 0 aliphatic carbocycles. The summed E-state index contributed by atoms with van der Waals surface area (Å²) in [5, 5.41) is 9.17. The van der Waals surface area contributed by atoms with E-state index in [1.807, 2.05) is 68.4 Å². The summed E-state index contributed by atoms with van der Waals surface area (Å²) in [4.78, 5) is 25.5. The highest BCUT2D eigenvalue weighted by atomic mass is 35.5. The maximum Gasteiger partial charge on any atom is 0.276 e. The first kappa shape index (κ1) is 20.9. The second-order valence-electron chi connectivity index (χ2n) is 7.54. The van der Waals surface area contributed by atoms with Gasteiger partial charge >= 0.3 is 0 Å². The molecule has 0 aliphatic rings. The molecule has 1 N–H and O–H groups in total. The maximum absolute atomic E-state index is 13.1. The number of hydrogen-bond acceptors (Lipinski definition) is 3. The number of fused-ring (bicyclic) bond motifs is 1. The average molecular weight is 435 g/mol. The summed E-state index contributed by atoms with van der Waals surface area (Å²) in [7, 11) is 0. The zero-order chi connectivity index (χ0) is 22.0. The fourth-order valence-corrected chi connectivity index (χ4v) is 3.88. The molecule has 2 aromatic carbocycles. The molecular weight excluding hydrogens is 412 g/mol. The summed E-state index contributed by atoms with van der Waals surface area (Å²) in [6.07, 6.45) is 1.67. The first-order valence-corrected chi connectivity index (χ1v) is 10.4. The Morgan fingerprint density at radius 3 is 2.42 bits per heavy atom. The first-order chi connectivity index (χ1) is 14.9. The third-order valence-electron chi connectivity index (χ3n) is 5.49. The van der Waals surface area contributed by atoms with E-state index in [2.05, 4.69) is 15.0 Å². The second kappa shape index (κ2) is 8.78. The Kier molecular flexibility index (Phi) is 5.91. The first-order valence-electron chi connectivity index (χ1n) is 10.0. The molecule has 0 atom stereocenters. The average Bonchev–Trinajstić information content (AvgIpc) is 3.01. The highest BCUT2D eigenvalue weighted by molar-refractivity contribution is 6.30. The fraction of sp³-hybridized carbons (Fsp3) is 0.208. The fourth-order valence-electron chi connectivity index (χ4n) is 3.76. The molecule has 0 bridgehead atoms. The molecule has 158 valence electrons. The number of hydrogen-bond donors (Lipinski definition) is 1. The molecule has 4 aromatic rings. The molecule has 7 heteroatoms. The SMILES string of the molecule is Cc1c2cnn(CC(=O)NCc3ccccc3)c(=O)c2c(C)n1Cc1ccc(Cl)cc1. The molecule has 2 heterocycles. The van der Waals surface area contributed by atoms with E-state index in [1.54, 1.807) is 6.20 Å². The number of nitrogens with zero attached hydrogens (tertiary/aromatic N) is 3. The highest BCUT2D eigenvalue weighted by Crippen LogP contribution is 2.23. The van der Waals surface area contributed by atoms with Gasteiger partial charge in [-0.3, -0.25) is 9.59 Å². The largest absolute Gasteiger partial charge is 0.350 e. The molecule has 6 nitrogen and oxygen atoms in total. The molecule has 0 unspecified atom stereocenters. The zero-order valence-electron chi connectivity index (χ0n) is 17.4. The van der Waals surface area contributed by atoms with Gasteiger partial charge in [0.05, 0.1) is 11.6 Å². The second-order valence-corrected chi connectivity index (χ2v) is 7.98. The van der Waals surface area contributed by atoms with Crippen molar-refractivity contribution in [3.63, 3.8) is 0 Å². The summed E-state index contributed by atoms with van der Waals surface area (Å²) in [6.45, 7) is 4.81. The number of aryl methyl sites for hydroxylation is 2. The van der Waals surface area contributed by atoms with Crippen LogP contribution in [-0.2, 0) is 24.4 Å². The van der Waals surface area contributed by atoms with Gasteiger partial charge in [-0.1, -0.05) is 54.1 Å². The van der Waals surface area contributed by atoms with E-state index in [4.69, 9.17) is 11.6 Å². The summed E-state index contributed by atoms with van der Waals surface area (Å²) in [6, 6.07) is 17.3. The molecule has 0 saturated heterocycles. The number of halogens is 1. The summed E-state index contributed by atoms with van der Waals surface area (Å²) >= 11 is 5.99. The third-order valence-corrected chi connectivity index (χ3v) is 5.74. The zero-order valence-corrected chi connectivity index (χ0v) is 18.2. The molecule has 0 aliphatic heterocycles. The summed E-state index contributed by atoms with van der Waals surface area (Å²) in [5.74, 6) is -0.257. The lowest BCUT2D eigenvalue weighted by Crippen LogP contribution is -2.33. The van der Waals surface area contributed by atoms with E-state index < -0.39 is 0 Å². The third kappa shape index (κ3) is 4.39. The van der Waals surface area contributed by atoms with E-state index >= 15 is 0 Å². The summed E-state index contributed by atoms with van der Waals surface area (Å²) in [5.41, 5.74) is 3.64. The van der Waals surface area contributed by atoms with Crippen molar-refractivity contribution in [2.24, 2.45) is 0 Å². The van der Waals surface area contributed by atoms with Crippen LogP contribution in [0.1, 0.15) is 22.5 Å². The van der Waals surface area contributed by atoms with Crippen LogP contribution < -0.4 is 10.9 Å². The van der Waals surface area contributed by atoms with Crippen LogP contribution in [0.15, 0.2) is 65.6 Å². The van der Waals surface area contributed by atoms with E-state index in [0.29, 0.717) is 23.5 Å². The molecular formula is C24H23ClN4O2. The number of carbonyl (C=O) groups excluding carboxylic acids is 1. The Morgan fingerprint density at radius 2 is 1.71 bits per heavy atom. The Labute approximate surface area is 185 Å². The van der Waals surface area contributed by atoms with E-state index in [9.17, 15) is 9.59 Å². The van der Waals surface area contributed by atoms with Crippen LogP contribution in [0.4, 0.5) is 0 Å². The van der Waals surface area contributed by atoms with Crippen LogP contribution in [0.5, 0.6) is 0 Å². The smallest absolute Gasteiger partial charge is 0.276 e. The van der Waals surface area contributed by atoms with Crippen molar-refractivity contribution in [3.05, 3.63) is 98.7 Å². The number of benzene rings is 2. The van der Waals surface area contributed by atoms with Crippen LogP contribution >= 0.6 is 11.6 Å². The van der Waals surface area contributed by atoms with Crippen molar-refractivity contribution in [2.75, 3.05) is 0 Å². The van der Waals surface area contributed by atoms with E-state index in [-0.39, 0.29) is 18.0 Å². The van der Waals surface area contributed by atoms with Gasteiger partial charge < -0.3 is 9.88 Å². The standard InChI is InChI=1S/C24H23ClN4O2/c1-16-21-13-27-29(15-22(30)26-12-18-6-4-3-5-7-18)24(31)23(21)17(2)28(16)14-19-8-10-20(25)11-9-19/h3-11,13H,12,14-15H2,1-2H3,(H,26,30). The van der Waals surface area contributed by atoms with Gasteiger partial charge in [0.1, 0.15) is 6.54 Å². The number of carbonyl (C=O) groups is 1. The number of amides is 1. The minimum atomic E-state index is -0.261. The maximum atomic E-state index is 13.1. The molecule has 31 heavy (non-hydrogen) atoms. The normalized spacial score (nSPS) is 11.1. The minimum absolute atomic E-state index is 0.123. The Morgan fingerprint density at radius 1 is 1.00 bits per heavy atom. The van der Waals surface area contributed by atoms with Crippen LogP contribution in [0.3, 0.4) is 0 Å². The quantitative estimate of drug-likeness (QED) is 0.501. The van der Waals surface area contributed by atoms with E-state index in [1.165, 1.54) is 4.68 Å². The van der Waals surface area contributed by atoms with Gasteiger partial charge in [-0.05, 0) is 37.1 Å². The predicted octanol–water partition coefficient (Wildman–Crippen LogP) is 3.83. The molecule has 0 saturated carbocycles. The molecule has 0 fully saturated rings. The van der Waals surface area contributed by atoms with Gasteiger partial charge in [-0.15, -0.1) is 0 Å². The Bertz CT molecular complexity index is 1290. The predicted molar refractivity (Wildman–Crippen MR) is 122 cm³/mol. The van der Waals surface area contributed by atoms with Crippen LogP contribution in [-0.4, -0.2) is 20.3 Å². The highest BCUT2D eigenvalue weighted by Gasteiger charge is 2.17. The number of aromatic nitrogens is 3. The van der Waals surface area contributed by atoms with Gasteiger partial charge in [-0.2, -0.15) is 5.10 Å². The van der Waals surface area contributed by atoms with Crippen molar-refractivity contribution in [2.45, 2.75) is 33.5 Å². The molecule has 0 spiro atoms. The lowest BCUT2D eigenvalue weighted by Gasteiger charge is -2.09. The lowest BCUT2D eigenvalue weighted by atomic mass is 10.2. The van der Waals surface area contributed by atoms with Crippen molar-refractivity contribution in [1.29, 1.82) is 0 Å². The van der Waals surface area contributed by atoms with Gasteiger partial charge in [0.2, 0.25) is 5.91 Å². The lowest BCUT2D eigenvalue weighted by molar-refractivity contribution is -0.122.